The summed E-state index contributed by atoms with van der Waals surface area (Å²) in [5, 5.41) is 8.43. The Balaban J connectivity index is 3.12. The first-order valence-corrected chi connectivity index (χ1v) is 5.20. The molecule has 0 spiro atoms. The standard InChI is InChI=1S/C9H9ClF3N3O3/c1-19-8-14-2-5(10)7(15-8)16(3-6(17)18)4-9(11,12)13/h2H,3-4H2,1H3,(H,17,18). The van der Waals surface area contributed by atoms with Crippen molar-refractivity contribution in [3.05, 3.63) is 11.2 Å². The Hall–Kier alpha value is -1.77. The average molecular weight is 300 g/mol. The highest BCUT2D eigenvalue weighted by Crippen LogP contribution is 2.27. The van der Waals surface area contributed by atoms with Gasteiger partial charge >= 0.3 is 18.2 Å². The molecule has 1 aromatic heterocycles. The Morgan fingerprint density at radius 2 is 2.21 bits per heavy atom. The van der Waals surface area contributed by atoms with E-state index in [1.54, 1.807) is 0 Å². The lowest BCUT2D eigenvalue weighted by Crippen LogP contribution is -2.38. The first-order valence-electron chi connectivity index (χ1n) is 4.83. The minimum Gasteiger partial charge on any atom is -0.480 e. The number of carboxylic acid groups (broad SMARTS) is 1. The molecule has 6 nitrogen and oxygen atoms in total. The van der Waals surface area contributed by atoms with E-state index < -0.39 is 25.2 Å². The smallest absolute Gasteiger partial charge is 0.405 e. The summed E-state index contributed by atoms with van der Waals surface area (Å²) in [6.07, 6.45) is -3.56. The van der Waals surface area contributed by atoms with Gasteiger partial charge in [0.1, 0.15) is 18.1 Å². The summed E-state index contributed by atoms with van der Waals surface area (Å²) in [7, 11) is 1.22. The predicted molar refractivity (Wildman–Crippen MR) is 59.5 cm³/mol. The maximum absolute atomic E-state index is 12.4. The third-order valence-corrected chi connectivity index (χ3v) is 2.15. The zero-order valence-corrected chi connectivity index (χ0v) is 10.4. The number of aromatic nitrogens is 2. The van der Waals surface area contributed by atoms with E-state index >= 15 is 0 Å². The summed E-state index contributed by atoms with van der Waals surface area (Å²) >= 11 is 5.68. The SMILES string of the molecule is COc1ncc(Cl)c(N(CC(=O)O)CC(F)(F)F)n1. The van der Waals surface area contributed by atoms with Crippen LogP contribution in [0.25, 0.3) is 0 Å². The molecule has 0 radical (unpaired) electrons. The van der Waals surface area contributed by atoms with Crippen molar-refractivity contribution in [3.63, 3.8) is 0 Å². The van der Waals surface area contributed by atoms with Gasteiger partial charge in [0.2, 0.25) is 0 Å². The first-order chi connectivity index (χ1) is 8.73. The van der Waals surface area contributed by atoms with E-state index in [2.05, 4.69) is 14.7 Å². The molecule has 0 amide bonds. The molecule has 1 rings (SSSR count). The molecule has 0 saturated heterocycles. The monoisotopic (exact) mass is 299 g/mol. The van der Waals surface area contributed by atoms with Crippen LogP contribution in [0.1, 0.15) is 0 Å². The molecule has 0 fully saturated rings. The van der Waals surface area contributed by atoms with Crippen LogP contribution in [0.15, 0.2) is 6.20 Å². The van der Waals surface area contributed by atoms with Gasteiger partial charge in [-0.1, -0.05) is 11.6 Å². The van der Waals surface area contributed by atoms with Crippen molar-refractivity contribution in [2.24, 2.45) is 0 Å². The second kappa shape index (κ2) is 5.91. The van der Waals surface area contributed by atoms with Gasteiger partial charge in [-0.15, -0.1) is 0 Å². The van der Waals surface area contributed by atoms with Gasteiger partial charge in [0.05, 0.1) is 13.3 Å². The van der Waals surface area contributed by atoms with E-state index in [0.717, 1.165) is 6.20 Å². The van der Waals surface area contributed by atoms with Crippen LogP contribution in [-0.4, -0.2) is 47.4 Å². The fraction of sp³-hybridized carbons (Fsp3) is 0.444. The molecular weight excluding hydrogens is 291 g/mol. The minimum absolute atomic E-state index is 0.203. The topological polar surface area (TPSA) is 75.5 Å². The van der Waals surface area contributed by atoms with E-state index in [1.807, 2.05) is 0 Å². The molecule has 0 atom stereocenters. The molecular formula is C9H9ClF3N3O3. The Bertz CT molecular complexity index is 470. The molecule has 0 aromatic carbocycles. The lowest BCUT2D eigenvalue weighted by Gasteiger charge is -2.23. The number of carbonyl (C=O) groups is 1. The average Bonchev–Trinajstić information content (AvgIpc) is 2.26. The molecule has 10 heteroatoms. The fourth-order valence-corrected chi connectivity index (χ4v) is 1.46. The van der Waals surface area contributed by atoms with Crippen LogP contribution < -0.4 is 9.64 Å². The summed E-state index contributed by atoms with van der Waals surface area (Å²) in [6, 6.07) is -0.211. The Labute approximate surface area is 110 Å². The normalized spacial score (nSPS) is 11.2. The third-order valence-electron chi connectivity index (χ3n) is 1.88. The zero-order chi connectivity index (χ0) is 14.6. The summed E-state index contributed by atoms with van der Waals surface area (Å²) in [5.41, 5.74) is 0. The van der Waals surface area contributed by atoms with E-state index in [1.165, 1.54) is 7.11 Å². The van der Waals surface area contributed by atoms with E-state index in [-0.39, 0.29) is 16.9 Å². The van der Waals surface area contributed by atoms with Gasteiger partial charge in [-0.25, -0.2) is 4.98 Å². The van der Waals surface area contributed by atoms with Gasteiger partial charge in [0, 0.05) is 0 Å². The van der Waals surface area contributed by atoms with Crippen LogP contribution in [0.5, 0.6) is 6.01 Å². The highest BCUT2D eigenvalue weighted by atomic mass is 35.5. The molecule has 1 heterocycles. The number of ether oxygens (including phenoxy) is 1. The van der Waals surface area contributed by atoms with Gasteiger partial charge in [0.25, 0.3) is 0 Å². The predicted octanol–water partition coefficient (Wildman–Crippen LogP) is 1.59. The van der Waals surface area contributed by atoms with E-state index in [0.29, 0.717) is 4.90 Å². The molecule has 106 valence electrons. The summed E-state index contributed by atoms with van der Waals surface area (Å²) in [6.45, 7) is -2.40. The second-order valence-corrected chi connectivity index (χ2v) is 3.80. The number of nitrogens with zero attached hydrogens (tertiary/aromatic N) is 3. The molecule has 19 heavy (non-hydrogen) atoms. The zero-order valence-electron chi connectivity index (χ0n) is 9.61. The number of hydrogen-bond donors (Lipinski definition) is 1. The Morgan fingerprint density at radius 3 is 2.68 bits per heavy atom. The lowest BCUT2D eigenvalue weighted by atomic mass is 10.4. The van der Waals surface area contributed by atoms with Crippen LogP contribution in [0.4, 0.5) is 19.0 Å². The number of rotatable bonds is 5. The van der Waals surface area contributed by atoms with E-state index in [4.69, 9.17) is 16.7 Å². The van der Waals surface area contributed by atoms with Crippen molar-refractivity contribution < 1.29 is 27.8 Å². The summed E-state index contributed by atoms with van der Waals surface area (Å²) in [4.78, 5) is 18.3. The van der Waals surface area contributed by atoms with Gasteiger partial charge in [-0.05, 0) is 0 Å². The molecule has 1 aromatic rings. The van der Waals surface area contributed by atoms with Crippen molar-refractivity contribution in [2.75, 3.05) is 25.1 Å². The molecule has 0 saturated carbocycles. The third kappa shape index (κ3) is 4.78. The molecule has 0 unspecified atom stereocenters. The minimum atomic E-state index is -4.60. The summed E-state index contributed by atoms with van der Waals surface area (Å²) in [5.74, 6) is -1.80. The van der Waals surface area contributed by atoms with Gasteiger partial charge in [-0.2, -0.15) is 18.2 Å². The number of halogens is 4. The van der Waals surface area contributed by atoms with Crippen molar-refractivity contribution in [3.8, 4) is 6.01 Å². The van der Waals surface area contributed by atoms with Gasteiger partial charge in [0.15, 0.2) is 5.82 Å². The van der Waals surface area contributed by atoms with Crippen LogP contribution >= 0.6 is 11.6 Å². The number of alkyl halides is 3. The highest BCUT2D eigenvalue weighted by Gasteiger charge is 2.33. The quantitative estimate of drug-likeness (QED) is 0.890. The first kappa shape index (κ1) is 15.3. The van der Waals surface area contributed by atoms with Gasteiger partial charge < -0.3 is 14.7 Å². The molecule has 0 aliphatic rings. The molecule has 1 N–H and O–H groups in total. The highest BCUT2D eigenvalue weighted by molar-refractivity contribution is 6.32. The van der Waals surface area contributed by atoms with E-state index in [9.17, 15) is 18.0 Å². The molecule has 0 bridgehead atoms. The lowest BCUT2D eigenvalue weighted by molar-refractivity contribution is -0.136. The van der Waals surface area contributed by atoms with Crippen LogP contribution in [-0.2, 0) is 4.79 Å². The Morgan fingerprint density at radius 1 is 1.58 bits per heavy atom. The largest absolute Gasteiger partial charge is 0.480 e. The second-order valence-electron chi connectivity index (χ2n) is 3.39. The number of anilines is 1. The fourth-order valence-electron chi connectivity index (χ4n) is 1.25. The number of methoxy groups -OCH3 is 1. The maximum Gasteiger partial charge on any atom is 0.405 e. The van der Waals surface area contributed by atoms with Gasteiger partial charge in [-0.3, -0.25) is 4.79 Å². The molecule has 0 aliphatic carbocycles. The van der Waals surface area contributed by atoms with Crippen LogP contribution in [0, 0.1) is 0 Å². The number of hydrogen-bond acceptors (Lipinski definition) is 5. The maximum atomic E-state index is 12.4. The summed E-state index contributed by atoms with van der Waals surface area (Å²) < 4.78 is 41.9. The van der Waals surface area contributed by atoms with Crippen molar-refractivity contribution in [2.45, 2.75) is 6.18 Å². The van der Waals surface area contributed by atoms with Crippen molar-refractivity contribution in [1.29, 1.82) is 0 Å². The Kier molecular flexibility index (Phi) is 4.76. The van der Waals surface area contributed by atoms with Crippen LogP contribution in [0.2, 0.25) is 5.02 Å². The van der Waals surface area contributed by atoms with Crippen LogP contribution in [0.3, 0.4) is 0 Å². The van der Waals surface area contributed by atoms with Crippen molar-refractivity contribution in [1.82, 2.24) is 9.97 Å². The van der Waals surface area contributed by atoms with Crippen molar-refractivity contribution >= 4 is 23.4 Å². The number of aliphatic carboxylic acids is 1. The number of carboxylic acids is 1. The molecule has 0 aliphatic heterocycles.